The van der Waals surface area contributed by atoms with Gasteiger partial charge in [-0.05, 0) is 25.7 Å². The minimum Gasteiger partial charge on any atom is -0.341 e. The van der Waals surface area contributed by atoms with Crippen molar-refractivity contribution in [1.29, 1.82) is 5.26 Å². The van der Waals surface area contributed by atoms with Crippen molar-refractivity contribution in [3.63, 3.8) is 0 Å². The van der Waals surface area contributed by atoms with Crippen molar-refractivity contribution in [2.75, 3.05) is 13.1 Å². The molecule has 1 saturated carbocycles. The van der Waals surface area contributed by atoms with Crippen LogP contribution >= 0.6 is 0 Å². The summed E-state index contributed by atoms with van der Waals surface area (Å²) in [5, 5.41) is 8.96. The molecule has 1 aliphatic heterocycles. The first-order valence-corrected chi connectivity index (χ1v) is 6.99. The van der Waals surface area contributed by atoms with Crippen LogP contribution in [0.1, 0.15) is 51.4 Å². The number of nitriles is 1. The fourth-order valence-electron chi connectivity index (χ4n) is 3.07. The second-order valence-corrected chi connectivity index (χ2v) is 5.44. The summed E-state index contributed by atoms with van der Waals surface area (Å²) in [5.41, 5.74) is 0. The largest absolute Gasteiger partial charge is 0.341 e. The maximum atomic E-state index is 12.4. The van der Waals surface area contributed by atoms with Gasteiger partial charge in [0.15, 0.2) is 0 Å². The Bertz CT molecular complexity index is 300. The lowest BCUT2D eigenvalue weighted by Crippen LogP contribution is -2.42. The molecule has 1 amide bonds. The standard InChI is InChI=1S/C14H22N2O/c15-10-12-6-5-9-16(11-12)14(17)13-7-3-1-2-4-8-13/h12-13H,1-9,11H2. The molecule has 1 unspecified atom stereocenters. The highest BCUT2D eigenvalue weighted by Crippen LogP contribution is 2.26. The Morgan fingerprint density at radius 3 is 2.41 bits per heavy atom. The van der Waals surface area contributed by atoms with Crippen molar-refractivity contribution in [2.24, 2.45) is 11.8 Å². The summed E-state index contributed by atoms with van der Waals surface area (Å²) in [5.74, 6) is 0.639. The Morgan fingerprint density at radius 1 is 1.06 bits per heavy atom. The molecule has 17 heavy (non-hydrogen) atoms. The van der Waals surface area contributed by atoms with Gasteiger partial charge in [-0.15, -0.1) is 0 Å². The number of hydrogen-bond acceptors (Lipinski definition) is 2. The molecule has 1 saturated heterocycles. The molecule has 1 heterocycles. The number of carbonyl (C=O) groups excluding carboxylic acids is 1. The number of carbonyl (C=O) groups is 1. The molecule has 94 valence electrons. The van der Waals surface area contributed by atoms with E-state index in [4.69, 9.17) is 5.26 Å². The second kappa shape index (κ2) is 6.05. The molecule has 2 aliphatic rings. The lowest BCUT2D eigenvalue weighted by molar-refractivity contribution is -0.137. The molecule has 0 bridgehead atoms. The topological polar surface area (TPSA) is 44.1 Å². The number of hydrogen-bond donors (Lipinski definition) is 0. The Hall–Kier alpha value is -1.04. The predicted molar refractivity (Wildman–Crippen MR) is 66.1 cm³/mol. The van der Waals surface area contributed by atoms with Gasteiger partial charge in [-0.3, -0.25) is 4.79 Å². The maximum Gasteiger partial charge on any atom is 0.225 e. The SMILES string of the molecule is N#CC1CCCN(C(=O)C2CCCCCC2)C1. The first-order chi connectivity index (χ1) is 8.31. The minimum atomic E-state index is 0.0680. The molecule has 0 aromatic heterocycles. The highest BCUT2D eigenvalue weighted by molar-refractivity contribution is 5.79. The fraction of sp³-hybridized carbons (Fsp3) is 0.857. The van der Waals surface area contributed by atoms with Crippen LogP contribution in [0.4, 0.5) is 0 Å². The summed E-state index contributed by atoms with van der Waals surface area (Å²) in [6.45, 7) is 1.54. The molecular weight excluding hydrogens is 212 g/mol. The monoisotopic (exact) mass is 234 g/mol. The number of amides is 1. The van der Waals surface area contributed by atoms with Gasteiger partial charge in [0, 0.05) is 19.0 Å². The fourth-order valence-corrected chi connectivity index (χ4v) is 3.07. The molecule has 3 heteroatoms. The Labute approximate surface area is 104 Å². The molecule has 0 N–H and O–H groups in total. The Morgan fingerprint density at radius 2 is 1.76 bits per heavy atom. The zero-order valence-electron chi connectivity index (χ0n) is 10.5. The smallest absolute Gasteiger partial charge is 0.225 e. The molecule has 1 atom stereocenters. The molecule has 2 rings (SSSR count). The second-order valence-electron chi connectivity index (χ2n) is 5.44. The van der Waals surface area contributed by atoms with Gasteiger partial charge < -0.3 is 4.90 Å². The molecule has 0 aromatic rings. The van der Waals surface area contributed by atoms with Crippen LogP contribution in [0.15, 0.2) is 0 Å². The van der Waals surface area contributed by atoms with E-state index in [1.165, 1.54) is 25.7 Å². The van der Waals surface area contributed by atoms with Crippen molar-refractivity contribution in [1.82, 2.24) is 4.90 Å². The van der Waals surface area contributed by atoms with Crippen LogP contribution in [0.3, 0.4) is 0 Å². The summed E-state index contributed by atoms with van der Waals surface area (Å²) >= 11 is 0. The number of nitrogens with zero attached hydrogens (tertiary/aromatic N) is 2. The van der Waals surface area contributed by atoms with Crippen LogP contribution in [0.2, 0.25) is 0 Å². The van der Waals surface area contributed by atoms with E-state index < -0.39 is 0 Å². The van der Waals surface area contributed by atoms with E-state index in [1.807, 2.05) is 4.90 Å². The lowest BCUT2D eigenvalue weighted by Gasteiger charge is -2.32. The molecular formula is C14H22N2O. The quantitative estimate of drug-likeness (QED) is 0.655. The van der Waals surface area contributed by atoms with Gasteiger partial charge in [0.1, 0.15) is 0 Å². The third-order valence-electron chi connectivity index (χ3n) is 4.12. The van der Waals surface area contributed by atoms with Crippen LogP contribution in [0.5, 0.6) is 0 Å². The maximum absolute atomic E-state index is 12.4. The number of piperidine rings is 1. The van der Waals surface area contributed by atoms with Gasteiger partial charge >= 0.3 is 0 Å². The lowest BCUT2D eigenvalue weighted by atomic mass is 9.94. The van der Waals surface area contributed by atoms with E-state index in [0.717, 1.165) is 32.2 Å². The molecule has 1 aliphatic carbocycles. The average molecular weight is 234 g/mol. The van der Waals surface area contributed by atoms with Crippen molar-refractivity contribution >= 4 is 5.91 Å². The molecule has 2 fully saturated rings. The summed E-state index contributed by atoms with van der Waals surface area (Å²) in [7, 11) is 0. The van der Waals surface area contributed by atoms with Crippen LogP contribution in [0.25, 0.3) is 0 Å². The van der Waals surface area contributed by atoms with Crippen molar-refractivity contribution in [3.05, 3.63) is 0 Å². The summed E-state index contributed by atoms with van der Waals surface area (Å²) in [4.78, 5) is 14.3. The van der Waals surface area contributed by atoms with E-state index in [2.05, 4.69) is 6.07 Å². The first-order valence-electron chi connectivity index (χ1n) is 6.99. The first kappa shape index (κ1) is 12.4. The average Bonchev–Trinajstić information content (AvgIpc) is 2.67. The van der Waals surface area contributed by atoms with Gasteiger partial charge in [0.05, 0.1) is 12.0 Å². The van der Waals surface area contributed by atoms with Crippen molar-refractivity contribution < 1.29 is 4.79 Å². The van der Waals surface area contributed by atoms with Gasteiger partial charge in [-0.1, -0.05) is 25.7 Å². The zero-order chi connectivity index (χ0) is 12.1. The summed E-state index contributed by atoms with van der Waals surface area (Å²) < 4.78 is 0. The van der Waals surface area contributed by atoms with Crippen LogP contribution in [-0.4, -0.2) is 23.9 Å². The summed E-state index contributed by atoms with van der Waals surface area (Å²) in [6.07, 6.45) is 9.05. The molecule has 0 aromatic carbocycles. The Kier molecular flexibility index (Phi) is 4.42. The van der Waals surface area contributed by atoms with Gasteiger partial charge in [0.2, 0.25) is 5.91 Å². The van der Waals surface area contributed by atoms with E-state index >= 15 is 0 Å². The van der Waals surface area contributed by atoms with Crippen molar-refractivity contribution in [3.8, 4) is 6.07 Å². The minimum absolute atomic E-state index is 0.0680. The van der Waals surface area contributed by atoms with E-state index in [-0.39, 0.29) is 11.8 Å². The van der Waals surface area contributed by atoms with Crippen molar-refractivity contribution in [2.45, 2.75) is 51.4 Å². The Balaban J connectivity index is 1.91. The van der Waals surface area contributed by atoms with E-state index in [9.17, 15) is 4.79 Å². The molecule has 0 spiro atoms. The third-order valence-corrected chi connectivity index (χ3v) is 4.12. The molecule has 3 nitrogen and oxygen atoms in total. The molecule has 0 radical (unpaired) electrons. The number of likely N-dealkylation sites (tertiary alicyclic amines) is 1. The van der Waals surface area contributed by atoms with Gasteiger partial charge in [0.25, 0.3) is 0 Å². The summed E-state index contributed by atoms with van der Waals surface area (Å²) in [6, 6.07) is 2.31. The highest BCUT2D eigenvalue weighted by Gasteiger charge is 2.28. The van der Waals surface area contributed by atoms with Gasteiger partial charge in [-0.25, -0.2) is 0 Å². The predicted octanol–water partition coefficient (Wildman–Crippen LogP) is 2.72. The highest BCUT2D eigenvalue weighted by atomic mass is 16.2. The van der Waals surface area contributed by atoms with E-state index in [0.29, 0.717) is 12.5 Å². The normalized spacial score (nSPS) is 27.2. The zero-order valence-corrected chi connectivity index (χ0v) is 10.5. The number of rotatable bonds is 1. The van der Waals surface area contributed by atoms with Crippen LogP contribution in [-0.2, 0) is 4.79 Å². The van der Waals surface area contributed by atoms with Crippen LogP contribution < -0.4 is 0 Å². The van der Waals surface area contributed by atoms with E-state index in [1.54, 1.807) is 0 Å². The van der Waals surface area contributed by atoms with Gasteiger partial charge in [-0.2, -0.15) is 5.26 Å². The van der Waals surface area contributed by atoms with Crippen LogP contribution in [0, 0.1) is 23.2 Å². The third kappa shape index (κ3) is 3.21.